The molecule has 0 radical (unpaired) electrons. The van der Waals surface area contributed by atoms with Gasteiger partial charge < -0.3 is 9.84 Å². The first-order valence-electron chi connectivity index (χ1n) is 7.81. The van der Waals surface area contributed by atoms with E-state index in [0.29, 0.717) is 5.75 Å². The Morgan fingerprint density at radius 1 is 1.24 bits per heavy atom. The number of thioether (sulfide) groups is 1. The van der Waals surface area contributed by atoms with Crippen molar-refractivity contribution in [3.05, 3.63) is 11.9 Å². The minimum atomic E-state index is -0.934. The summed E-state index contributed by atoms with van der Waals surface area (Å²) in [7, 11) is 0. The van der Waals surface area contributed by atoms with Gasteiger partial charge in [-0.3, -0.25) is 4.68 Å². The molecule has 2 heterocycles. The lowest BCUT2D eigenvalue weighted by atomic mass is 9.98. The number of aromatic carboxylic acids is 1. The topological polar surface area (TPSA) is 64.3 Å². The van der Waals surface area contributed by atoms with Crippen molar-refractivity contribution < 1.29 is 14.6 Å². The summed E-state index contributed by atoms with van der Waals surface area (Å²) in [6, 6.07) is 0.195. The summed E-state index contributed by atoms with van der Waals surface area (Å²) in [5.74, 6) is 1.66. The highest BCUT2D eigenvalue weighted by Gasteiger charge is 2.27. The second-order valence-electron chi connectivity index (χ2n) is 5.83. The molecule has 1 aromatic heterocycles. The number of hydrogen-bond acceptors (Lipinski definition) is 4. The highest BCUT2D eigenvalue weighted by molar-refractivity contribution is 7.99. The minimum Gasteiger partial charge on any atom is -0.486 e. The lowest BCUT2D eigenvalue weighted by molar-refractivity contribution is 0.0668. The van der Waals surface area contributed by atoms with Gasteiger partial charge in [0.15, 0.2) is 11.4 Å². The van der Waals surface area contributed by atoms with Gasteiger partial charge in [0.1, 0.15) is 0 Å². The van der Waals surface area contributed by atoms with E-state index in [9.17, 15) is 9.90 Å². The molecule has 0 spiro atoms. The van der Waals surface area contributed by atoms with Gasteiger partial charge in [0.05, 0.1) is 18.3 Å². The van der Waals surface area contributed by atoms with E-state index >= 15 is 0 Å². The van der Waals surface area contributed by atoms with Crippen LogP contribution in [-0.2, 0) is 0 Å². The number of carbonyl (C=O) groups is 1. The molecule has 21 heavy (non-hydrogen) atoms. The zero-order valence-corrected chi connectivity index (χ0v) is 13.0. The predicted octanol–water partition coefficient (Wildman–Crippen LogP) is 3.36. The second-order valence-corrected chi connectivity index (χ2v) is 7.05. The van der Waals surface area contributed by atoms with Gasteiger partial charge in [-0.2, -0.15) is 16.9 Å². The Hall–Kier alpha value is -1.17. The Kier molecular flexibility index (Phi) is 4.73. The van der Waals surface area contributed by atoms with E-state index in [0.717, 1.165) is 37.2 Å². The predicted molar refractivity (Wildman–Crippen MR) is 82.3 cm³/mol. The maximum Gasteiger partial charge on any atom is 0.358 e. The summed E-state index contributed by atoms with van der Waals surface area (Å²) in [5, 5.41) is 13.9. The number of rotatable bonds is 4. The smallest absolute Gasteiger partial charge is 0.358 e. The van der Waals surface area contributed by atoms with Crippen molar-refractivity contribution in [2.75, 3.05) is 11.5 Å². The second kappa shape index (κ2) is 6.73. The number of aromatic nitrogens is 2. The van der Waals surface area contributed by atoms with Crippen molar-refractivity contribution in [1.82, 2.24) is 9.78 Å². The Balaban J connectivity index is 1.79. The lowest BCUT2D eigenvalue weighted by Gasteiger charge is -2.24. The number of nitrogens with zero attached hydrogens (tertiary/aromatic N) is 2. The highest BCUT2D eigenvalue weighted by atomic mass is 32.2. The Labute approximate surface area is 129 Å². The third kappa shape index (κ3) is 3.36. The van der Waals surface area contributed by atoms with E-state index in [1.807, 2.05) is 11.8 Å². The fraction of sp³-hybridized carbons (Fsp3) is 0.733. The monoisotopic (exact) mass is 310 g/mol. The molecule has 1 aromatic rings. The number of ether oxygens (including phenoxy) is 1. The van der Waals surface area contributed by atoms with Crippen molar-refractivity contribution in [3.8, 4) is 5.75 Å². The average molecular weight is 310 g/mol. The highest BCUT2D eigenvalue weighted by Crippen LogP contribution is 2.32. The van der Waals surface area contributed by atoms with Crippen molar-refractivity contribution in [3.63, 3.8) is 0 Å². The molecule has 0 bridgehead atoms. The van der Waals surface area contributed by atoms with Crippen LogP contribution in [0.25, 0.3) is 0 Å². The summed E-state index contributed by atoms with van der Waals surface area (Å²) < 4.78 is 7.63. The standard InChI is InChI=1S/C15H22N2O3S/c18-15(19)14-13(20-12-4-2-1-3-5-12)10-16-17(14)11-6-8-21-9-7-11/h10-12H,1-9H2,(H,18,19). The molecule has 1 aliphatic carbocycles. The van der Waals surface area contributed by atoms with Crippen LogP contribution in [-0.4, -0.2) is 38.5 Å². The van der Waals surface area contributed by atoms with Crippen LogP contribution in [0.2, 0.25) is 0 Å². The van der Waals surface area contributed by atoms with Crippen LogP contribution in [0.1, 0.15) is 61.5 Å². The number of carboxylic acids is 1. The van der Waals surface area contributed by atoms with Gasteiger partial charge in [-0.1, -0.05) is 6.42 Å². The zero-order chi connectivity index (χ0) is 14.7. The van der Waals surface area contributed by atoms with E-state index in [4.69, 9.17) is 4.74 Å². The molecule has 1 aliphatic heterocycles. The van der Waals surface area contributed by atoms with Gasteiger partial charge in [0, 0.05) is 0 Å². The third-order valence-electron chi connectivity index (χ3n) is 4.35. The number of hydrogen-bond donors (Lipinski definition) is 1. The normalized spacial score (nSPS) is 21.3. The molecular weight excluding hydrogens is 288 g/mol. The molecule has 1 saturated heterocycles. The first kappa shape index (κ1) is 14.8. The van der Waals surface area contributed by atoms with Crippen molar-refractivity contribution in [2.24, 2.45) is 0 Å². The van der Waals surface area contributed by atoms with Crippen LogP contribution < -0.4 is 4.74 Å². The van der Waals surface area contributed by atoms with E-state index in [2.05, 4.69) is 5.10 Å². The van der Waals surface area contributed by atoms with Gasteiger partial charge in [-0.05, 0) is 50.0 Å². The Morgan fingerprint density at radius 2 is 1.95 bits per heavy atom. The van der Waals surface area contributed by atoms with E-state index < -0.39 is 5.97 Å². The zero-order valence-electron chi connectivity index (χ0n) is 12.2. The van der Waals surface area contributed by atoms with Gasteiger partial charge in [0.25, 0.3) is 0 Å². The van der Waals surface area contributed by atoms with Gasteiger partial charge in [-0.15, -0.1) is 0 Å². The molecule has 2 fully saturated rings. The molecular formula is C15H22N2O3S. The SMILES string of the molecule is O=C(O)c1c(OC2CCCCC2)cnn1C1CCSCC1. The molecule has 3 rings (SSSR count). The van der Waals surface area contributed by atoms with Crippen LogP contribution in [0.4, 0.5) is 0 Å². The quantitative estimate of drug-likeness (QED) is 0.924. The summed E-state index contributed by atoms with van der Waals surface area (Å²) >= 11 is 1.92. The van der Waals surface area contributed by atoms with Crippen LogP contribution >= 0.6 is 11.8 Å². The molecule has 1 saturated carbocycles. The van der Waals surface area contributed by atoms with Crippen molar-refractivity contribution >= 4 is 17.7 Å². The molecule has 0 amide bonds. The fourth-order valence-corrected chi connectivity index (χ4v) is 4.29. The van der Waals surface area contributed by atoms with Crippen LogP contribution in [0.15, 0.2) is 6.20 Å². The molecule has 1 N–H and O–H groups in total. The molecule has 6 heteroatoms. The fourth-order valence-electron chi connectivity index (χ4n) is 3.21. The third-order valence-corrected chi connectivity index (χ3v) is 5.40. The average Bonchev–Trinajstić information content (AvgIpc) is 2.93. The summed E-state index contributed by atoms with van der Waals surface area (Å²) in [6.07, 6.45) is 9.34. The largest absolute Gasteiger partial charge is 0.486 e. The summed E-state index contributed by atoms with van der Waals surface area (Å²) in [6.45, 7) is 0. The Morgan fingerprint density at radius 3 is 2.62 bits per heavy atom. The van der Waals surface area contributed by atoms with Crippen molar-refractivity contribution in [2.45, 2.75) is 57.1 Å². The Bertz CT molecular complexity index is 491. The minimum absolute atomic E-state index is 0.149. The first-order valence-corrected chi connectivity index (χ1v) is 8.96. The molecule has 0 atom stereocenters. The first-order chi connectivity index (χ1) is 10.3. The van der Waals surface area contributed by atoms with Crippen LogP contribution in [0, 0.1) is 0 Å². The molecule has 0 aromatic carbocycles. The van der Waals surface area contributed by atoms with E-state index in [-0.39, 0.29) is 17.8 Å². The van der Waals surface area contributed by atoms with E-state index in [1.165, 1.54) is 19.3 Å². The molecule has 0 unspecified atom stereocenters. The molecule has 116 valence electrons. The van der Waals surface area contributed by atoms with Crippen LogP contribution in [0.5, 0.6) is 5.75 Å². The van der Waals surface area contributed by atoms with Crippen LogP contribution in [0.3, 0.4) is 0 Å². The van der Waals surface area contributed by atoms with E-state index in [1.54, 1.807) is 10.9 Å². The van der Waals surface area contributed by atoms with Gasteiger partial charge in [0.2, 0.25) is 0 Å². The van der Waals surface area contributed by atoms with Gasteiger partial charge >= 0.3 is 5.97 Å². The summed E-state index contributed by atoms with van der Waals surface area (Å²) in [4.78, 5) is 11.6. The lowest BCUT2D eigenvalue weighted by Crippen LogP contribution is -2.23. The molecule has 2 aliphatic rings. The molecule has 5 nitrogen and oxygen atoms in total. The maximum absolute atomic E-state index is 11.6. The number of carboxylic acid groups (broad SMARTS) is 1. The van der Waals surface area contributed by atoms with Crippen molar-refractivity contribution in [1.29, 1.82) is 0 Å². The summed E-state index contributed by atoms with van der Waals surface area (Å²) in [5.41, 5.74) is 0.234. The van der Waals surface area contributed by atoms with Gasteiger partial charge in [-0.25, -0.2) is 4.79 Å². The maximum atomic E-state index is 11.6.